The second-order valence-electron chi connectivity index (χ2n) is 4.46. The number of rotatable bonds is 6. The third-order valence-electron chi connectivity index (χ3n) is 2.82. The Morgan fingerprint density at radius 1 is 1.20 bits per heavy atom. The van der Waals surface area contributed by atoms with Gasteiger partial charge in [0.25, 0.3) is 0 Å². The maximum atomic E-state index is 12.7. The van der Waals surface area contributed by atoms with E-state index in [0.29, 0.717) is 24.8 Å². The van der Waals surface area contributed by atoms with Crippen molar-refractivity contribution in [1.82, 2.24) is 0 Å². The van der Waals surface area contributed by atoms with Crippen LogP contribution in [0.3, 0.4) is 0 Å². The Kier molecular flexibility index (Phi) is 5.12. The highest BCUT2D eigenvalue weighted by atomic mass is 19.4. The number of aryl methyl sites for hydroxylation is 1. The Labute approximate surface area is 114 Å². The Morgan fingerprint density at radius 3 is 2.35 bits per heavy atom. The van der Waals surface area contributed by atoms with E-state index in [1.807, 2.05) is 0 Å². The number of nitrogens with one attached hydrogen (secondary N) is 1. The van der Waals surface area contributed by atoms with Crippen LogP contribution in [-0.4, -0.2) is 11.7 Å². The lowest BCUT2D eigenvalue weighted by atomic mass is 9.99. The SMILES string of the molecule is N=C(N)c1cc(CCCCC(N)=O)ccc1C(F)(F)F. The molecule has 0 aliphatic heterocycles. The third-order valence-corrected chi connectivity index (χ3v) is 2.82. The van der Waals surface area contributed by atoms with Gasteiger partial charge in [-0.2, -0.15) is 13.2 Å². The predicted octanol–water partition coefficient (Wildman–Crippen LogP) is 2.19. The van der Waals surface area contributed by atoms with Gasteiger partial charge < -0.3 is 11.5 Å². The molecule has 0 unspecified atom stereocenters. The molecule has 1 aromatic rings. The zero-order valence-corrected chi connectivity index (χ0v) is 10.8. The van der Waals surface area contributed by atoms with E-state index in [0.717, 1.165) is 6.07 Å². The summed E-state index contributed by atoms with van der Waals surface area (Å²) in [6.45, 7) is 0. The van der Waals surface area contributed by atoms with Gasteiger partial charge >= 0.3 is 6.18 Å². The minimum Gasteiger partial charge on any atom is -0.384 e. The second kappa shape index (κ2) is 6.40. The van der Waals surface area contributed by atoms with E-state index >= 15 is 0 Å². The smallest absolute Gasteiger partial charge is 0.384 e. The highest BCUT2D eigenvalue weighted by Crippen LogP contribution is 2.32. The molecule has 0 heterocycles. The molecular weight excluding hydrogens is 271 g/mol. The van der Waals surface area contributed by atoms with Crippen molar-refractivity contribution in [1.29, 1.82) is 5.41 Å². The largest absolute Gasteiger partial charge is 0.417 e. The molecule has 1 amide bonds. The van der Waals surface area contributed by atoms with Gasteiger partial charge in [0.2, 0.25) is 5.91 Å². The van der Waals surface area contributed by atoms with Crippen molar-refractivity contribution in [2.45, 2.75) is 31.9 Å². The van der Waals surface area contributed by atoms with E-state index in [1.54, 1.807) is 0 Å². The molecule has 0 aliphatic carbocycles. The molecule has 0 spiro atoms. The first-order valence-corrected chi connectivity index (χ1v) is 6.04. The number of carbonyl (C=O) groups is 1. The Balaban J connectivity index is 2.83. The number of hydrogen-bond acceptors (Lipinski definition) is 2. The number of nitrogens with two attached hydrogens (primary N) is 2. The molecule has 0 radical (unpaired) electrons. The number of nitrogen functional groups attached to an aromatic ring is 1. The van der Waals surface area contributed by atoms with Crippen molar-refractivity contribution in [3.63, 3.8) is 0 Å². The van der Waals surface area contributed by atoms with E-state index in [2.05, 4.69) is 0 Å². The number of alkyl halides is 3. The Hall–Kier alpha value is -2.05. The summed E-state index contributed by atoms with van der Waals surface area (Å²) in [5.74, 6) is -1.02. The van der Waals surface area contributed by atoms with Gasteiger partial charge in [-0.05, 0) is 37.0 Å². The van der Waals surface area contributed by atoms with Crippen molar-refractivity contribution in [2.24, 2.45) is 11.5 Å². The molecule has 4 nitrogen and oxygen atoms in total. The molecule has 0 aliphatic rings. The maximum absolute atomic E-state index is 12.7. The minimum absolute atomic E-state index is 0.250. The second-order valence-corrected chi connectivity index (χ2v) is 4.46. The number of carbonyl (C=O) groups excluding carboxylic acids is 1. The zero-order chi connectivity index (χ0) is 15.3. The van der Waals surface area contributed by atoms with Gasteiger partial charge in [0.15, 0.2) is 0 Å². The molecule has 5 N–H and O–H groups in total. The van der Waals surface area contributed by atoms with Crippen LogP contribution in [0, 0.1) is 5.41 Å². The topological polar surface area (TPSA) is 93.0 Å². The highest BCUT2D eigenvalue weighted by Gasteiger charge is 2.33. The first-order chi connectivity index (χ1) is 9.21. The van der Waals surface area contributed by atoms with Gasteiger partial charge in [0.1, 0.15) is 5.84 Å². The fourth-order valence-electron chi connectivity index (χ4n) is 1.85. The number of hydrogen-bond donors (Lipinski definition) is 3. The lowest BCUT2D eigenvalue weighted by Crippen LogP contribution is -2.19. The maximum Gasteiger partial charge on any atom is 0.417 e. The standard InChI is InChI=1S/C13H16F3N3O/c14-13(15,16)10-6-5-8(7-9(10)12(18)19)3-1-2-4-11(17)20/h5-7H,1-4H2,(H2,17,20)(H3,18,19). The van der Waals surface area contributed by atoms with Crippen LogP contribution < -0.4 is 11.5 Å². The van der Waals surface area contributed by atoms with Crippen molar-refractivity contribution >= 4 is 11.7 Å². The number of amidine groups is 1. The van der Waals surface area contributed by atoms with Crippen LogP contribution in [0.2, 0.25) is 0 Å². The summed E-state index contributed by atoms with van der Waals surface area (Å²) in [4.78, 5) is 10.6. The lowest BCUT2D eigenvalue weighted by molar-refractivity contribution is -0.137. The van der Waals surface area contributed by atoms with Crippen molar-refractivity contribution < 1.29 is 18.0 Å². The van der Waals surface area contributed by atoms with Crippen molar-refractivity contribution in [2.75, 3.05) is 0 Å². The number of amides is 1. The Morgan fingerprint density at radius 2 is 1.85 bits per heavy atom. The average Bonchev–Trinajstić information content (AvgIpc) is 2.33. The van der Waals surface area contributed by atoms with Crippen LogP contribution >= 0.6 is 0 Å². The first-order valence-electron chi connectivity index (χ1n) is 6.04. The molecule has 1 aromatic carbocycles. The van der Waals surface area contributed by atoms with Crippen LogP contribution in [0.4, 0.5) is 13.2 Å². The first kappa shape index (κ1) is 16.0. The summed E-state index contributed by atoms with van der Waals surface area (Å²) in [6, 6.07) is 3.56. The average molecular weight is 287 g/mol. The van der Waals surface area contributed by atoms with Crippen molar-refractivity contribution in [3.05, 3.63) is 34.9 Å². The van der Waals surface area contributed by atoms with E-state index in [1.165, 1.54) is 12.1 Å². The fraction of sp³-hybridized carbons (Fsp3) is 0.385. The summed E-state index contributed by atoms with van der Waals surface area (Å²) in [7, 11) is 0. The molecule has 20 heavy (non-hydrogen) atoms. The monoisotopic (exact) mass is 287 g/mol. The molecule has 0 saturated heterocycles. The van der Waals surface area contributed by atoms with E-state index in [9.17, 15) is 18.0 Å². The molecule has 0 bridgehead atoms. The van der Waals surface area contributed by atoms with Gasteiger partial charge in [-0.15, -0.1) is 0 Å². The van der Waals surface area contributed by atoms with Crippen LogP contribution in [0.5, 0.6) is 0 Å². The molecule has 1 rings (SSSR count). The molecule has 7 heteroatoms. The number of unbranched alkanes of at least 4 members (excludes halogenated alkanes) is 1. The van der Waals surface area contributed by atoms with Gasteiger partial charge in [-0.25, -0.2) is 0 Å². The predicted molar refractivity (Wildman–Crippen MR) is 69.2 cm³/mol. The molecule has 0 aromatic heterocycles. The lowest BCUT2D eigenvalue weighted by Gasteiger charge is -2.13. The highest BCUT2D eigenvalue weighted by molar-refractivity contribution is 5.96. The number of primary amides is 1. The van der Waals surface area contributed by atoms with E-state index in [-0.39, 0.29) is 12.0 Å². The molecule has 0 saturated carbocycles. The quantitative estimate of drug-likeness (QED) is 0.425. The molecule has 0 fully saturated rings. The van der Waals surface area contributed by atoms with Crippen LogP contribution in [-0.2, 0) is 17.4 Å². The molecule has 0 atom stereocenters. The summed E-state index contributed by atoms with van der Waals surface area (Å²) in [5, 5.41) is 7.24. The zero-order valence-electron chi connectivity index (χ0n) is 10.8. The van der Waals surface area contributed by atoms with Gasteiger partial charge in [0, 0.05) is 12.0 Å². The van der Waals surface area contributed by atoms with Crippen molar-refractivity contribution in [3.8, 4) is 0 Å². The number of halogens is 3. The van der Waals surface area contributed by atoms with E-state index < -0.39 is 23.5 Å². The minimum atomic E-state index is -4.54. The van der Waals surface area contributed by atoms with Gasteiger partial charge in [0.05, 0.1) is 5.56 Å². The summed E-state index contributed by atoms with van der Waals surface area (Å²) in [5.41, 5.74) is 9.61. The summed E-state index contributed by atoms with van der Waals surface area (Å²) >= 11 is 0. The molecular formula is C13H16F3N3O. The van der Waals surface area contributed by atoms with E-state index in [4.69, 9.17) is 16.9 Å². The molecule has 110 valence electrons. The fourth-order valence-corrected chi connectivity index (χ4v) is 1.85. The van der Waals surface area contributed by atoms with Crippen LogP contribution in [0.1, 0.15) is 36.0 Å². The third kappa shape index (κ3) is 4.56. The van der Waals surface area contributed by atoms with Gasteiger partial charge in [-0.1, -0.05) is 6.07 Å². The summed E-state index contributed by atoms with van der Waals surface area (Å²) in [6.07, 6.45) is -2.57. The van der Waals surface area contributed by atoms with Crippen LogP contribution in [0.25, 0.3) is 0 Å². The van der Waals surface area contributed by atoms with Gasteiger partial charge in [-0.3, -0.25) is 10.2 Å². The van der Waals surface area contributed by atoms with Crippen LogP contribution in [0.15, 0.2) is 18.2 Å². The number of benzene rings is 1. The normalized spacial score (nSPS) is 11.3. The Bertz CT molecular complexity index is 512. The summed E-state index contributed by atoms with van der Waals surface area (Å²) < 4.78 is 38.2.